The molecule has 0 radical (unpaired) electrons. The number of fused-ring (bicyclic) bond motifs is 5. The van der Waals surface area contributed by atoms with Crippen molar-refractivity contribution in [3.63, 3.8) is 0 Å². The molecule has 0 bridgehead atoms. The van der Waals surface area contributed by atoms with Gasteiger partial charge in [0.1, 0.15) is 11.7 Å². The van der Waals surface area contributed by atoms with E-state index in [1.165, 1.54) is 6.08 Å². The number of carbonyl (C=O) groups is 3. The summed E-state index contributed by atoms with van der Waals surface area (Å²) in [4.78, 5) is 36.3. The normalized spacial score (nSPS) is 40.9. The highest BCUT2D eigenvalue weighted by Crippen LogP contribution is 2.65. The van der Waals surface area contributed by atoms with Crippen LogP contribution in [0.15, 0.2) is 23.3 Å². The Labute approximate surface area is 171 Å². The van der Waals surface area contributed by atoms with Gasteiger partial charge in [-0.2, -0.15) is 0 Å². The molecule has 4 rings (SSSR count). The zero-order chi connectivity index (χ0) is 21.0. The Balaban J connectivity index is 1.78. The van der Waals surface area contributed by atoms with Crippen LogP contribution in [-0.4, -0.2) is 40.6 Å². The van der Waals surface area contributed by atoms with E-state index in [2.05, 4.69) is 6.92 Å². The summed E-state index contributed by atoms with van der Waals surface area (Å²) in [6.45, 7) is 4.05. The van der Waals surface area contributed by atoms with E-state index in [1.807, 2.05) is 6.92 Å². The van der Waals surface area contributed by atoms with Crippen molar-refractivity contribution in [2.45, 2.75) is 64.9 Å². The summed E-state index contributed by atoms with van der Waals surface area (Å²) < 4.78 is 5.92. The third kappa shape index (κ3) is 3.16. The van der Waals surface area contributed by atoms with Crippen LogP contribution in [0.1, 0.15) is 58.8 Å². The maximum absolute atomic E-state index is 12.3. The number of allylic oxidation sites excluding steroid dienone is 3. The van der Waals surface area contributed by atoms with Gasteiger partial charge >= 0.3 is 11.9 Å². The zero-order valence-corrected chi connectivity index (χ0v) is 17.1. The molecule has 0 saturated heterocycles. The summed E-state index contributed by atoms with van der Waals surface area (Å²) in [7, 11) is 0. The number of aliphatic carboxylic acids is 1. The molecular weight excluding hydrogens is 372 g/mol. The summed E-state index contributed by atoms with van der Waals surface area (Å²) >= 11 is 0. The van der Waals surface area contributed by atoms with Gasteiger partial charge < -0.3 is 14.9 Å². The molecule has 4 aliphatic rings. The van der Waals surface area contributed by atoms with Crippen LogP contribution in [-0.2, 0) is 19.1 Å². The summed E-state index contributed by atoms with van der Waals surface area (Å²) in [5.74, 6) is -1.26. The quantitative estimate of drug-likeness (QED) is 0.554. The van der Waals surface area contributed by atoms with E-state index in [0.29, 0.717) is 11.8 Å². The highest BCUT2D eigenvalue weighted by atomic mass is 16.5. The standard InChI is InChI=1S/C23H30O6/c1-22-8-3-4-16(22)14-6-5-13-10-17(25)15(21(27)28)11-23(13,2)20(14)18(12-22)29-19(26)7-9-24/h10-11,14,16,18,20,24H,3-9,12H2,1-2H3,(H,27,28)/t14-,16-,18?,20-,22-,23-/m0/s1. The SMILES string of the molecule is C[C@@]12CCC[C@H]1[C@@H]1CCC3=CC(=O)C(C(=O)O)=C[C@]3(C)[C@@H]1C(OC(=O)CCO)C2. The van der Waals surface area contributed by atoms with Gasteiger partial charge in [-0.05, 0) is 55.4 Å². The van der Waals surface area contributed by atoms with E-state index < -0.39 is 23.1 Å². The van der Waals surface area contributed by atoms with Crippen LogP contribution in [0, 0.1) is 28.6 Å². The van der Waals surface area contributed by atoms with Gasteiger partial charge in [-0.15, -0.1) is 0 Å². The van der Waals surface area contributed by atoms with Crippen molar-refractivity contribution < 1.29 is 29.3 Å². The van der Waals surface area contributed by atoms with Crippen LogP contribution < -0.4 is 0 Å². The molecule has 3 saturated carbocycles. The predicted octanol–water partition coefficient (Wildman–Crippen LogP) is 3.04. The fourth-order valence-corrected chi connectivity index (χ4v) is 7.00. The Kier molecular flexibility index (Phi) is 4.96. The van der Waals surface area contributed by atoms with E-state index in [1.54, 1.807) is 6.08 Å². The molecule has 6 atom stereocenters. The lowest BCUT2D eigenvalue weighted by Gasteiger charge is -2.58. The fraction of sp³-hybridized carbons (Fsp3) is 0.696. The number of esters is 1. The molecule has 1 unspecified atom stereocenters. The number of ether oxygens (including phenoxy) is 1. The van der Waals surface area contributed by atoms with Gasteiger partial charge in [0.2, 0.25) is 0 Å². The third-order valence-corrected chi connectivity index (χ3v) is 8.18. The van der Waals surface area contributed by atoms with Gasteiger partial charge in [0, 0.05) is 11.3 Å². The lowest BCUT2D eigenvalue weighted by Crippen LogP contribution is -2.56. The van der Waals surface area contributed by atoms with Crippen molar-refractivity contribution in [2.24, 2.45) is 28.6 Å². The molecule has 0 aromatic rings. The number of rotatable bonds is 4. The van der Waals surface area contributed by atoms with Gasteiger partial charge in [-0.25, -0.2) is 4.79 Å². The highest BCUT2D eigenvalue weighted by Gasteiger charge is 2.60. The molecule has 158 valence electrons. The van der Waals surface area contributed by atoms with E-state index in [0.717, 1.165) is 44.1 Å². The lowest BCUT2D eigenvalue weighted by atomic mass is 9.47. The molecule has 0 heterocycles. The summed E-state index contributed by atoms with van der Waals surface area (Å²) in [5.41, 5.74) is 0.279. The first kappa shape index (κ1) is 20.3. The summed E-state index contributed by atoms with van der Waals surface area (Å²) in [5, 5.41) is 18.7. The number of aliphatic hydroxyl groups is 1. The monoisotopic (exact) mass is 402 g/mol. The number of ketones is 1. The number of carbonyl (C=O) groups excluding carboxylic acids is 2. The van der Waals surface area contributed by atoms with Gasteiger partial charge in [0.15, 0.2) is 5.78 Å². The molecule has 0 aromatic carbocycles. The van der Waals surface area contributed by atoms with E-state index in [4.69, 9.17) is 9.84 Å². The summed E-state index contributed by atoms with van der Waals surface area (Å²) in [6, 6.07) is 0. The second-order valence-electron chi connectivity index (χ2n) is 9.77. The predicted molar refractivity (Wildman–Crippen MR) is 105 cm³/mol. The molecular formula is C23H30O6. The Hall–Kier alpha value is -1.95. The van der Waals surface area contributed by atoms with Crippen LogP contribution in [0.5, 0.6) is 0 Å². The molecule has 0 aliphatic heterocycles. The second kappa shape index (κ2) is 7.08. The minimum absolute atomic E-state index is 0.0395. The molecule has 0 aromatic heterocycles. The number of hydrogen-bond acceptors (Lipinski definition) is 5. The first-order chi connectivity index (χ1) is 13.7. The average molecular weight is 402 g/mol. The van der Waals surface area contributed by atoms with Crippen molar-refractivity contribution in [1.82, 2.24) is 0 Å². The largest absolute Gasteiger partial charge is 0.478 e. The Morgan fingerprint density at radius 1 is 1.28 bits per heavy atom. The number of carboxylic acids is 1. The second-order valence-corrected chi connectivity index (χ2v) is 9.77. The average Bonchev–Trinajstić information content (AvgIpc) is 3.02. The zero-order valence-electron chi connectivity index (χ0n) is 17.1. The smallest absolute Gasteiger partial charge is 0.339 e. The summed E-state index contributed by atoms with van der Waals surface area (Å²) in [6.07, 6.45) is 8.65. The number of aliphatic hydroxyl groups excluding tert-OH is 1. The van der Waals surface area contributed by atoms with Gasteiger partial charge in [-0.3, -0.25) is 9.59 Å². The Morgan fingerprint density at radius 3 is 2.72 bits per heavy atom. The Morgan fingerprint density at radius 2 is 2.03 bits per heavy atom. The topological polar surface area (TPSA) is 101 Å². The third-order valence-electron chi connectivity index (χ3n) is 8.18. The number of carboxylic acid groups (broad SMARTS) is 1. The van der Waals surface area contributed by atoms with Crippen molar-refractivity contribution in [3.8, 4) is 0 Å². The lowest BCUT2D eigenvalue weighted by molar-refractivity contribution is -0.171. The molecule has 29 heavy (non-hydrogen) atoms. The van der Waals surface area contributed by atoms with Gasteiger partial charge in [-0.1, -0.05) is 31.9 Å². The van der Waals surface area contributed by atoms with Crippen LogP contribution >= 0.6 is 0 Å². The van der Waals surface area contributed by atoms with Crippen LogP contribution in [0.4, 0.5) is 0 Å². The fourth-order valence-electron chi connectivity index (χ4n) is 7.00. The minimum atomic E-state index is -1.20. The van der Waals surface area contributed by atoms with Crippen LogP contribution in [0.2, 0.25) is 0 Å². The van der Waals surface area contributed by atoms with E-state index in [9.17, 15) is 19.5 Å². The van der Waals surface area contributed by atoms with Crippen LogP contribution in [0.3, 0.4) is 0 Å². The van der Waals surface area contributed by atoms with Gasteiger partial charge in [0.25, 0.3) is 0 Å². The van der Waals surface area contributed by atoms with Crippen molar-refractivity contribution in [2.75, 3.05) is 6.61 Å². The first-order valence-electron chi connectivity index (χ1n) is 10.7. The molecule has 3 fully saturated rings. The Bertz CT molecular complexity index is 810. The number of hydrogen-bond donors (Lipinski definition) is 2. The van der Waals surface area contributed by atoms with E-state index in [-0.39, 0.29) is 36.0 Å². The molecule has 0 amide bonds. The maximum atomic E-state index is 12.3. The van der Waals surface area contributed by atoms with Crippen molar-refractivity contribution in [1.29, 1.82) is 0 Å². The molecule has 6 nitrogen and oxygen atoms in total. The molecule has 4 aliphatic carbocycles. The van der Waals surface area contributed by atoms with Crippen molar-refractivity contribution in [3.05, 3.63) is 23.3 Å². The molecule has 0 spiro atoms. The minimum Gasteiger partial charge on any atom is -0.478 e. The highest BCUT2D eigenvalue weighted by molar-refractivity contribution is 6.22. The molecule has 6 heteroatoms. The van der Waals surface area contributed by atoms with Gasteiger partial charge in [0.05, 0.1) is 13.0 Å². The van der Waals surface area contributed by atoms with E-state index >= 15 is 0 Å². The maximum Gasteiger partial charge on any atom is 0.339 e. The first-order valence-corrected chi connectivity index (χ1v) is 10.7. The molecule has 2 N–H and O–H groups in total. The van der Waals surface area contributed by atoms with Crippen LogP contribution in [0.25, 0.3) is 0 Å². The van der Waals surface area contributed by atoms with Crippen molar-refractivity contribution >= 4 is 17.7 Å².